The van der Waals surface area contributed by atoms with Gasteiger partial charge in [-0.05, 0) is 5.56 Å². The molecule has 4 nitrogen and oxygen atoms in total. The van der Waals surface area contributed by atoms with Crippen LogP contribution < -0.4 is 10.6 Å². The van der Waals surface area contributed by atoms with Gasteiger partial charge in [-0.1, -0.05) is 30.3 Å². The zero-order valence-corrected chi connectivity index (χ0v) is 8.03. The molecule has 0 heterocycles. The Morgan fingerprint density at radius 3 is 2.64 bits per heavy atom. The molecule has 0 saturated heterocycles. The van der Waals surface area contributed by atoms with Crippen LogP contribution in [-0.2, 0) is 0 Å². The molecule has 1 rings (SSSR count). The van der Waals surface area contributed by atoms with Crippen molar-refractivity contribution in [3.63, 3.8) is 0 Å². The maximum Gasteiger partial charge on any atom is 0.314 e. The molecule has 0 unspecified atom stereocenters. The van der Waals surface area contributed by atoms with E-state index < -0.39 is 6.10 Å². The first-order chi connectivity index (χ1) is 6.74. The number of aliphatic hydroxyl groups excluding tert-OH is 1. The minimum Gasteiger partial charge on any atom is -0.387 e. The molecule has 1 aromatic carbocycles. The largest absolute Gasteiger partial charge is 0.387 e. The van der Waals surface area contributed by atoms with Crippen LogP contribution in [0.4, 0.5) is 4.79 Å². The molecule has 0 aliphatic heterocycles. The van der Waals surface area contributed by atoms with Gasteiger partial charge in [0.2, 0.25) is 0 Å². The molecule has 76 valence electrons. The second kappa shape index (κ2) is 5.24. The third-order valence-electron chi connectivity index (χ3n) is 1.87. The third kappa shape index (κ3) is 3.06. The smallest absolute Gasteiger partial charge is 0.314 e. The van der Waals surface area contributed by atoms with Crippen molar-refractivity contribution in [3.8, 4) is 0 Å². The summed E-state index contributed by atoms with van der Waals surface area (Å²) in [6, 6.07) is 8.91. The highest BCUT2D eigenvalue weighted by Gasteiger charge is 2.07. The van der Waals surface area contributed by atoms with Crippen LogP contribution in [0.15, 0.2) is 30.3 Å². The van der Waals surface area contributed by atoms with Crippen molar-refractivity contribution in [2.24, 2.45) is 0 Å². The van der Waals surface area contributed by atoms with E-state index >= 15 is 0 Å². The number of rotatable bonds is 3. The zero-order valence-electron chi connectivity index (χ0n) is 8.03. The van der Waals surface area contributed by atoms with Crippen LogP contribution >= 0.6 is 0 Å². The molecule has 1 atom stereocenters. The minimum atomic E-state index is -0.659. The summed E-state index contributed by atoms with van der Waals surface area (Å²) in [5, 5.41) is 14.6. The van der Waals surface area contributed by atoms with Crippen molar-refractivity contribution >= 4 is 6.03 Å². The minimum absolute atomic E-state index is 0.212. The number of nitrogens with one attached hydrogen (secondary N) is 2. The fourth-order valence-electron chi connectivity index (χ4n) is 1.07. The molecule has 0 aliphatic carbocycles. The third-order valence-corrected chi connectivity index (χ3v) is 1.87. The molecular weight excluding hydrogens is 180 g/mol. The van der Waals surface area contributed by atoms with Crippen molar-refractivity contribution in [1.82, 2.24) is 10.6 Å². The lowest BCUT2D eigenvalue weighted by Gasteiger charge is -2.11. The number of hydrogen-bond donors (Lipinski definition) is 3. The second-order valence-corrected chi connectivity index (χ2v) is 2.89. The predicted octanol–water partition coefficient (Wildman–Crippen LogP) is 0.649. The van der Waals surface area contributed by atoms with Crippen molar-refractivity contribution in [3.05, 3.63) is 35.9 Å². The van der Waals surface area contributed by atoms with Gasteiger partial charge in [-0.3, -0.25) is 0 Å². The first-order valence-electron chi connectivity index (χ1n) is 4.42. The number of aliphatic hydroxyl groups is 1. The molecule has 0 radical (unpaired) electrons. The summed E-state index contributed by atoms with van der Waals surface area (Å²) < 4.78 is 0. The van der Waals surface area contributed by atoms with E-state index in [1.165, 1.54) is 7.05 Å². The van der Waals surface area contributed by atoms with Crippen molar-refractivity contribution in [2.75, 3.05) is 13.6 Å². The lowest BCUT2D eigenvalue weighted by atomic mass is 10.1. The molecule has 0 aliphatic rings. The van der Waals surface area contributed by atoms with Crippen molar-refractivity contribution < 1.29 is 9.90 Å². The van der Waals surface area contributed by atoms with Gasteiger partial charge in [0.15, 0.2) is 0 Å². The van der Waals surface area contributed by atoms with Crippen LogP contribution in [0.2, 0.25) is 0 Å². The van der Waals surface area contributed by atoms with E-state index in [0.717, 1.165) is 5.56 Å². The highest BCUT2D eigenvalue weighted by Crippen LogP contribution is 2.09. The average Bonchev–Trinajstić information content (AvgIpc) is 2.26. The van der Waals surface area contributed by atoms with Gasteiger partial charge in [0.1, 0.15) is 0 Å². The molecule has 0 saturated carbocycles. The molecule has 1 aromatic rings. The maximum atomic E-state index is 10.8. The second-order valence-electron chi connectivity index (χ2n) is 2.89. The van der Waals surface area contributed by atoms with Gasteiger partial charge in [-0.15, -0.1) is 0 Å². The van der Waals surface area contributed by atoms with Gasteiger partial charge in [-0.25, -0.2) is 4.79 Å². The first-order valence-corrected chi connectivity index (χ1v) is 4.42. The molecule has 3 N–H and O–H groups in total. The van der Waals surface area contributed by atoms with Crippen LogP contribution in [0.5, 0.6) is 0 Å². The first kappa shape index (κ1) is 10.5. The molecule has 0 aromatic heterocycles. The average molecular weight is 194 g/mol. The molecular formula is C10H14N2O2. The Morgan fingerprint density at radius 1 is 1.43 bits per heavy atom. The number of benzene rings is 1. The molecule has 0 bridgehead atoms. The SMILES string of the molecule is CNC(=O)NC[C@@H](O)c1ccccc1. The summed E-state index contributed by atoms with van der Waals surface area (Å²) in [6.45, 7) is 0.212. The summed E-state index contributed by atoms with van der Waals surface area (Å²) in [7, 11) is 1.53. The Kier molecular flexibility index (Phi) is 3.94. The summed E-state index contributed by atoms with van der Waals surface area (Å²) in [5.74, 6) is 0. The topological polar surface area (TPSA) is 61.4 Å². The van der Waals surface area contributed by atoms with E-state index in [4.69, 9.17) is 0 Å². The Morgan fingerprint density at radius 2 is 2.07 bits per heavy atom. The Balaban J connectivity index is 2.43. The molecule has 2 amide bonds. The standard InChI is InChI=1S/C10H14N2O2/c1-11-10(14)12-7-9(13)8-5-3-2-4-6-8/h2-6,9,13H,7H2,1H3,(H2,11,12,14)/t9-/m1/s1. The maximum absolute atomic E-state index is 10.8. The monoisotopic (exact) mass is 194 g/mol. The van der Waals surface area contributed by atoms with Gasteiger partial charge >= 0.3 is 6.03 Å². The fraction of sp³-hybridized carbons (Fsp3) is 0.300. The number of urea groups is 1. The van der Waals surface area contributed by atoms with E-state index in [9.17, 15) is 9.90 Å². The fourth-order valence-corrected chi connectivity index (χ4v) is 1.07. The molecule has 0 fully saturated rings. The van der Waals surface area contributed by atoms with Gasteiger partial charge < -0.3 is 15.7 Å². The number of carbonyl (C=O) groups is 1. The molecule has 4 heteroatoms. The Bertz CT molecular complexity index is 287. The van der Waals surface area contributed by atoms with Crippen LogP contribution in [0.1, 0.15) is 11.7 Å². The van der Waals surface area contributed by atoms with E-state index in [2.05, 4.69) is 10.6 Å². The number of carbonyl (C=O) groups excluding carboxylic acids is 1. The zero-order chi connectivity index (χ0) is 10.4. The van der Waals surface area contributed by atoms with E-state index in [1.54, 1.807) is 0 Å². The lowest BCUT2D eigenvalue weighted by molar-refractivity contribution is 0.173. The lowest BCUT2D eigenvalue weighted by Crippen LogP contribution is -2.35. The number of hydrogen-bond acceptors (Lipinski definition) is 2. The summed E-state index contributed by atoms with van der Waals surface area (Å²) >= 11 is 0. The van der Waals surface area contributed by atoms with Crippen LogP contribution in [0.3, 0.4) is 0 Å². The quantitative estimate of drug-likeness (QED) is 0.661. The van der Waals surface area contributed by atoms with Crippen LogP contribution in [0, 0.1) is 0 Å². The highest BCUT2D eigenvalue weighted by atomic mass is 16.3. The van der Waals surface area contributed by atoms with E-state index in [1.807, 2.05) is 30.3 Å². The van der Waals surface area contributed by atoms with Crippen LogP contribution in [0.25, 0.3) is 0 Å². The van der Waals surface area contributed by atoms with Crippen LogP contribution in [-0.4, -0.2) is 24.7 Å². The van der Waals surface area contributed by atoms with Gasteiger partial charge in [0.25, 0.3) is 0 Å². The van der Waals surface area contributed by atoms with Gasteiger partial charge in [0.05, 0.1) is 6.10 Å². The summed E-state index contributed by atoms with van der Waals surface area (Å²) in [4.78, 5) is 10.8. The van der Waals surface area contributed by atoms with Crippen molar-refractivity contribution in [2.45, 2.75) is 6.10 Å². The number of amides is 2. The molecule has 0 spiro atoms. The highest BCUT2D eigenvalue weighted by molar-refractivity contribution is 5.73. The normalized spacial score (nSPS) is 11.9. The Hall–Kier alpha value is -1.55. The predicted molar refractivity (Wildman–Crippen MR) is 53.9 cm³/mol. The summed E-state index contributed by atoms with van der Waals surface area (Å²) in [6.07, 6.45) is -0.659. The van der Waals surface area contributed by atoms with E-state index in [0.29, 0.717) is 0 Å². The van der Waals surface area contributed by atoms with E-state index in [-0.39, 0.29) is 12.6 Å². The van der Waals surface area contributed by atoms with Gasteiger partial charge in [0, 0.05) is 13.6 Å². The van der Waals surface area contributed by atoms with Crippen molar-refractivity contribution in [1.29, 1.82) is 0 Å². The summed E-state index contributed by atoms with van der Waals surface area (Å²) in [5.41, 5.74) is 0.795. The van der Waals surface area contributed by atoms with Gasteiger partial charge in [-0.2, -0.15) is 0 Å². The Labute approximate surface area is 82.9 Å². The molecule has 14 heavy (non-hydrogen) atoms.